The van der Waals surface area contributed by atoms with Gasteiger partial charge in [-0.1, -0.05) is 15.9 Å². The summed E-state index contributed by atoms with van der Waals surface area (Å²) in [4.78, 5) is 24.7. The highest BCUT2D eigenvalue weighted by molar-refractivity contribution is 9.10. The van der Waals surface area contributed by atoms with Crippen LogP contribution in [-0.2, 0) is 24.3 Å². The molecular formula is C25H28BrFN4O. The van der Waals surface area contributed by atoms with Crippen molar-refractivity contribution < 1.29 is 9.18 Å². The second-order valence-corrected chi connectivity index (χ2v) is 11.4. The number of carbonyl (C=O) groups is 1. The number of hydrogen-bond acceptors (Lipinski definition) is 4. The van der Waals surface area contributed by atoms with E-state index in [0.29, 0.717) is 24.5 Å². The lowest BCUT2D eigenvalue weighted by Crippen LogP contribution is -2.52. The van der Waals surface area contributed by atoms with Gasteiger partial charge in [-0.15, -0.1) is 0 Å². The van der Waals surface area contributed by atoms with E-state index in [2.05, 4.69) is 36.1 Å². The molecule has 0 saturated heterocycles. The van der Waals surface area contributed by atoms with E-state index in [1.54, 1.807) is 12.4 Å². The van der Waals surface area contributed by atoms with Crippen molar-refractivity contribution in [2.45, 2.75) is 58.0 Å². The molecule has 0 radical (unpaired) electrons. The first-order valence-corrected chi connectivity index (χ1v) is 12.6. The minimum absolute atomic E-state index is 0.177. The average Bonchev–Trinajstić information content (AvgIpc) is 2.75. The van der Waals surface area contributed by atoms with E-state index in [4.69, 9.17) is 0 Å². The molecule has 7 heteroatoms. The zero-order valence-corrected chi connectivity index (χ0v) is 19.7. The SMILES string of the molecule is O=C(Nc1ncnc2c1CCN(Cc1cc(Br)ccc1F)C2)C12CC3CC(CC(C3)C1)C2. The molecule has 0 atom stereocenters. The van der Waals surface area contributed by atoms with Gasteiger partial charge in [0.15, 0.2) is 0 Å². The fraction of sp³-hybridized carbons (Fsp3) is 0.560. The molecule has 4 bridgehead atoms. The fourth-order valence-electron chi connectivity index (χ4n) is 7.19. The first-order valence-electron chi connectivity index (χ1n) is 11.8. The maximum Gasteiger partial charge on any atom is 0.231 e. The van der Waals surface area contributed by atoms with Gasteiger partial charge >= 0.3 is 0 Å². The molecule has 4 fully saturated rings. The van der Waals surface area contributed by atoms with E-state index < -0.39 is 0 Å². The summed E-state index contributed by atoms with van der Waals surface area (Å²) >= 11 is 3.43. The van der Waals surface area contributed by atoms with Crippen LogP contribution in [0.3, 0.4) is 0 Å². The Hall–Kier alpha value is -1.86. The zero-order chi connectivity index (χ0) is 21.9. The van der Waals surface area contributed by atoms with Gasteiger partial charge in [-0.2, -0.15) is 0 Å². The Morgan fingerprint density at radius 2 is 1.88 bits per heavy atom. The Morgan fingerprint density at radius 3 is 2.59 bits per heavy atom. The summed E-state index contributed by atoms with van der Waals surface area (Å²) in [6, 6.07) is 5.05. The van der Waals surface area contributed by atoms with Crippen LogP contribution in [-0.4, -0.2) is 27.3 Å². The van der Waals surface area contributed by atoms with Crippen molar-refractivity contribution in [2.75, 3.05) is 11.9 Å². The maximum atomic E-state index is 14.2. The Labute approximate surface area is 196 Å². The second kappa shape index (κ2) is 7.87. The van der Waals surface area contributed by atoms with Gasteiger partial charge in [0.1, 0.15) is 18.0 Å². The standard InChI is InChI=1S/C25H28BrFN4O/c26-19-1-2-21(27)18(8-19)12-31-4-3-20-22(13-31)28-14-29-23(20)30-24(32)25-9-15-5-16(10-25)7-17(6-15)11-25/h1-2,8,14-17H,3-7,9-13H2,(H,28,29,30,32). The van der Waals surface area contributed by atoms with Crippen molar-refractivity contribution in [3.05, 3.63) is 51.6 Å². The molecule has 32 heavy (non-hydrogen) atoms. The van der Waals surface area contributed by atoms with Crippen molar-refractivity contribution in [2.24, 2.45) is 23.2 Å². The molecular weight excluding hydrogens is 471 g/mol. The van der Waals surface area contributed by atoms with Gasteiger partial charge in [0.05, 0.1) is 11.1 Å². The van der Waals surface area contributed by atoms with Crippen LogP contribution in [0.5, 0.6) is 0 Å². The quantitative estimate of drug-likeness (QED) is 0.637. The summed E-state index contributed by atoms with van der Waals surface area (Å²) in [7, 11) is 0. The van der Waals surface area contributed by atoms with Crippen molar-refractivity contribution in [3.8, 4) is 0 Å². The van der Waals surface area contributed by atoms with E-state index in [0.717, 1.165) is 65.7 Å². The Kier molecular flexibility index (Phi) is 5.10. The number of hydrogen-bond donors (Lipinski definition) is 1. The third-order valence-corrected chi connectivity index (χ3v) is 8.73. The monoisotopic (exact) mass is 498 g/mol. The minimum Gasteiger partial charge on any atom is -0.310 e. The van der Waals surface area contributed by atoms with Crippen molar-refractivity contribution in [3.63, 3.8) is 0 Å². The lowest BCUT2D eigenvalue weighted by molar-refractivity contribution is -0.140. The number of halogens is 2. The molecule has 4 saturated carbocycles. The van der Waals surface area contributed by atoms with Gasteiger partial charge in [-0.3, -0.25) is 9.69 Å². The third-order valence-electron chi connectivity index (χ3n) is 8.24. The van der Waals surface area contributed by atoms with Gasteiger partial charge in [-0.25, -0.2) is 14.4 Å². The molecule has 1 amide bonds. The molecule has 168 valence electrons. The summed E-state index contributed by atoms with van der Waals surface area (Å²) < 4.78 is 15.1. The summed E-state index contributed by atoms with van der Waals surface area (Å²) in [5.41, 5.74) is 2.46. The summed E-state index contributed by atoms with van der Waals surface area (Å²) in [5, 5.41) is 3.23. The minimum atomic E-state index is -0.190. The summed E-state index contributed by atoms with van der Waals surface area (Å²) in [5.74, 6) is 2.88. The molecule has 1 aromatic heterocycles. The molecule has 1 N–H and O–H groups in total. The van der Waals surface area contributed by atoms with Crippen LogP contribution in [0.25, 0.3) is 0 Å². The van der Waals surface area contributed by atoms with Crippen molar-refractivity contribution in [1.82, 2.24) is 14.9 Å². The van der Waals surface area contributed by atoms with Crippen LogP contribution >= 0.6 is 15.9 Å². The molecule has 4 aliphatic carbocycles. The number of anilines is 1. The highest BCUT2D eigenvalue weighted by Gasteiger charge is 2.54. The number of nitrogens with zero attached hydrogens (tertiary/aromatic N) is 3. The lowest BCUT2D eigenvalue weighted by atomic mass is 9.49. The third kappa shape index (κ3) is 3.67. The molecule has 0 unspecified atom stereocenters. The van der Waals surface area contributed by atoms with E-state index in [-0.39, 0.29) is 17.1 Å². The van der Waals surface area contributed by atoms with E-state index >= 15 is 0 Å². The number of nitrogens with one attached hydrogen (secondary N) is 1. The number of amides is 1. The van der Waals surface area contributed by atoms with E-state index in [9.17, 15) is 9.18 Å². The van der Waals surface area contributed by atoms with Gasteiger partial charge in [0.25, 0.3) is 0 Å². The molecule has 7 rings (SSSR count). The first kappa shape index (κ1) is 20.7. The van der Waals surface area contributed by atoms with Crippen LogP contribution in [0.15, 0.2) is 29.0 Å². The lowest BCUT2D eigenvalue weighted by Gasteiger charge is -2.55. The van der Waals surface area contributed by atoms with Crippen LogP contribution in [0, 0.1) is 29.0 Å². The Bertz CT molecular complexity index is 1040. The van der Waals surface area contributed by atoms with E-state index in [1.807, 2.05) is 6.07 Å². The zero-order valence-electron chi connectivity index (χ0n) is 18.1. The van der Waals surface area contributed by atoms with Gasteiger partial charge < -0.3 is 5.32 Å². The average molecular weight is 499 g/mol. The number of carbonyl (C=O) groups excluding carboxylic acids is 1. The highest BCUT2D eigenvalue weighted by Crippen LogP contribution is 2.60. The maximum absolute atomic E-state index is 14.2. The summed E-state index contributed by atoms with van der Waals surface area (Å²) in [6.45, 7) is 1.94. The van der Waals surface area contributed by atoms with Crippen molar-refractivity contribution >= 4 is 27.7 Å². The first-order chi connectivity index (χ1) is 15.5. The van der Waals surface area contributed by atoms with Crippen LogP contribution in [0.1, 0.15) is 55.3 Å². The Balaban J connectivity index is 1.18. The van der Waals surface area contributed by atoms with Crippen LogP contribution < -0.4 is 5.32 Å². The number of benzene rings is 1. The number of aromatic nitrogens is 2. The normalized spacial score (nSPS) is 30.9. The number of fused-ring (bicyclic) bond motifs is 1. The van der Waals surface area contributed by atoms with Crippen LogP contribution in [0.4, 0.5) is 10.2 Å². The topological polar surface area (TPSA) is 58.1 Å². The van der Waals surface area contributed by atoms with Gasteiger partial charge in [-0.05, 0) is 80.9 Å². The Morgan fingerprint density at radius 1 is 1.16 bits per heavy atom. The smallest absolute Gasteiger partial charge is 0.231 e. The van der Waals surface area contributed by atoms with Gasteiger partial charge in [0, 0.05) is 35.2 Å². The molecule has 5 nitrogen and oxygen atoms in total. The van der Waals surface area contributed by atoms with Gasteiger partial charge in [0.2, 0.25) is 5.91 Å². The fourth-order valence-corrected chi connectivity index (χ4v) is 7.59. The molecule has 1 aliphatic heterocycles. The predicted molar refractivity (Wildman–Crippen MR) is 123 cm³/mol. The largest absolute Gasteiger partial charge is 0.310 e. The molecule has 2 heterocycles. The van der Waals surface area contributed by atoms with Crippen molar-refractivity contribution in [1.29, 1.82) is 0 Å². The predicted octanol–water partition coefficient (Wildman–Crippen LogP) is 5.09. The number of rotatable bonds is 4. The summed E-state index contributed by atoms with van der Waals surface area (Å²) in [6.07, 6.45) is 9.41. The molecule has 1 aromatic carbocycles. The second-order valence-electron chi connectivity index (χ2n) is 10.5. The molecule has 0 spiro atoms. The molecule has 5 aliphatic rings. The van der Waals surface area contributed by atoms with E-state index in [1.165, 1.54) is 25.3 Å². The van der Waals surface area contributed by atoms with Crippen LogP contribution in [0.2, 0.25) is 0 Å². The molecule has 2 aromatic rings. The highest BCUT2D eigenvalue weighted by atomic mass is 79.9.